The van der Waals surface area contributed by atoms with Crippen LogP contribution < -0.4 is 0 Å². The third-order valence-electron chi connectivity index (χ3n) is 8.33. The fourth-order valence-electron chi connectivity index (χ4n) is 6.59. The van der Waals surface area contributed by atoms with Gasteiger partial charge in [0.05, 0.1) is 5.69 Å². The van der Waals surface area contributed by atoms with Gasteiger partial charge in [-0.3, -0.25) is 0 Å². The Morgan fingerprint density at radius 1 is 1.10 bits per heavy atom. The van der Waals surface area contributed by atoms with Crippen molar-refractivity contribution in [1.82, 2.24) is 19.6 Å². The van der Waals surface area contributed by atoms with Crippen molar-refractivity contribution in [3.63, 3.8) is 0 Å². The van der Waals surface area contributed by atoms with Crippen molar-refractivity contribution < 1.29 is 0 Å². The van der Waals surface area contributed by atoms with Gasteiger partial charge >= 0.3 is 0 Å². The second-order valence-electron chi connectivity index (χ2n) is 10.5. The van der Waals surface area contributed by atoms with Crippen LogP contribution in [0.1, 0.15) is 91.3 Å². The van der Waals surface area contributed by atoms with Gasteiger partial charge in [-0.25, -0.2) is 9.50 Å². The summed E-state index contributed by atoms with van der Waals surface area (Å²) in [6.45, 7) is 11.4. The smallest absolute Gasteiger partial charge is 0.158 e. The van der Waals surface area contributed by atoms with Gasteiger partial charge in [-0.05, 0) is 86.0 Å². The van der Waals surface area contributed by atoms with Crippen LogP contribution in [0.4, 0.5) is 0 Å². The Morgan fingerprint density at radius 2 is 1.84 bits per heavy atom. The van der Waals surface area contributed by atoms with Gasteiger partial charge in [0.15, 0.2) is 5.65 Å². The van der Waals surface area contributed by atoms with Gasteiger partial charge in [-0.1, -0.05) is 26.7 Å². The number of fused-ring (bicyclic) bond motifs is 2. The first-order valence-electron chi connectivity index (χ1n) is 11.8. The molecule has 0 atom stereocenters. The molecule has 31 heavy (non-hydrogen) atoms. The van der Waals surface area contributed by atoms with Gasteiger partial charge in [0.25, 0.3) is 0 Å². The van der Waals surface area contributed by atoms with E-state index in [1.54, 1.807) is 11.2 Å². The second-order valence-corrected chi connectivity index (χ2v) is 11.5. The lowest BCUT2D eigenvalue weighted by atomic mass is 9.60. The predicted molar refractivity (Wildman–Crippen MR) is 129 cm³/mol. The molecule has 6 rings (SSSR count). The zero-order chi connectivity index (χ0) is 21.5. The van der Waals surface area contributed by atoms with E-state index < -0.39 is 0 Å². The summed E-state index contributed by atoms with van der Waals surface area (Å²) in [5.74, 6) is 1.24. The first kappa shape index (κ1) is 19.5. The quantitative estimate of drug-likeness (QED) is 0.366. The molecule has 0 unspecified atom stereocenters. The van der Waals surface area contributed by atoms with Gasteiger partial charge in [0.1, 0.15) is 11.2 Å². The molecule has 4 aromatic heterocycles. The number of aryl methyl sites for hydroxylation is 2. The average Bonchev–Trinajstić information content (AvgIpc) is 3.47. The molecule has 162 valence electrons. The van der Waals surface area contributed by atoms with E-state index in [9.17, 15) is 0 Å². The molecule has 0 aromatic carbocycles. The number of hydrogen-bond acceptors (Lipinski definition) is 3. The lowest BCUT2D eigenvalue weighted by Gasteiger charge is -2.45. The van der Waals surface area contributed by atoms with E-state index in [2.05, 4.69) is 55.9 Å². The van der Waals surface area contributed by atoms with Gasteiger partial charge in [-0.2, -0.15) is 5.10 Å². The van der Waals surface area contributed by atoms with Gasteiger partial charge < -0.3 is 4.98 Å². The molecule has 4 heterocycles. The Labute approximate surface area is 188 Å². The summed E-state index contributed by atoms with van der Waals surface area (Å²) in [7, 11) is 0. The minimum absolute atomic E-state index is 0.457. The molecule has 0 bridgehead atoms. The van der Waals surface area contributed by atoms with E-state index in [4.69, 9.17) is 0 Å². The fourth-order valence-corrected chi connectivity index (χ4v) is 7.91. The van der Waals surface area contributed by atoms with Crippen molar-refractivity contribution in [3.8, 4) is 11.3 Å². The normalized spacial score (nSPS) is 18.8. The monoisotopic (exact) mass is 432 g/mol. The topological polar surface area (TPSA) is 46.0 Å². The standard InChI is InChI=1S/C26H32N4S/c1-14(2)20-21-17(5)23(18-10-26(11-18)8-6-7-9-26)31-25(21)29-22(20)19-12-30-24(27-13-28-30)16(4)15(19)3/h12-14,18,29H,6-11H2,1-5H3. The lowest BCUT2D eigenvalue weighted by Crippen LogP contribution is -2.32. The number of rotatable bonds is 3. The SMILES string of the molecule is Cc1c(-c2[nH]c3sc(C4CC5(CCCC5)C4)c(C)c3c2C(C)C)cn2ncnc2c1C. The molecule has 2 aliphatic carbocycles. The van der Waals surface area contributed by atoms with Crippen molar-refractivity contribution in [2.75, 3.05) is 0 Å². The first-order chi connectivity index (χ1) is 14.9. The summed E-state index contributed by atoms with van der Waals surface area (Å²) in [6, 6.07) is 0. The summed E-state index contributed by atoms with van der Waals surface area (Å²) in [5, 5.41) is 5.91. The maximum atomic E-state index is 4.44. The summed E-state index contributed by atoms with van der Waals surface area (Å²) in [4.78, 5) is 11.3. The van der Waals surface area contributed by atoms with Crippen molar-refractivity contribution >= 4 is 27.2 Å². The number of pyridine rings is 1. The highest BCUT2D eigenvalue weighted by molar-refractivity contribution is 7.19. The molecule has 0 radical (unpaired) electrons. The van der Waals surface area contributed by atoms with Crippen molar-refractivity contribution in [2.24, 2.45) is 5.41 Å². The van der Waals surface area contributed by atoms with Crippen molar-refractivity contribution in [3.05, 3.63) is 39.7 Å². The third-order valence-corrected chi connectivity index (χ3v) is 9.70. The van der Waals surface area contributed by atoms with Crippen molar-refractivity contribution in [1.29, 1.82) is 0 Å². The van der Waals surface area contributed by atoms with Gasteiger partial charge in [-0.15, -0.1) is 11.3 Å². The van der Waals surface area contributed by atoms with Gasteiger partial charge in [0.2, 0.25) is 0 Å². The Bertz CT molecular complexity index is 1300. The summed E-state index contributed by atoms with van der Waals surface area (Å²) < 4.78 is 1.92. The molecule has 4 nitrogen and oxygen atoms in total. The van der Waals surface area contributed by atoms with E-state index in [1.807, 2.05) is 15.9 Å². The molecule has 4 aromatic rings. The van der Waals surface area contributed by atoms with E-state index in [-0.39, 0.29) is 0 Å². The van der Waals surface area contributed by atoms with Crippen molar-refractivity contribution in [2.45, 2.75) is 85.0 Å². The molecule has 0 amide bonds. The largest absolute Gasteiger partial charge is 0.346 e. The molecule has 1 spiro atoms. The van der Waals surface area contributed by atoms with Crippen LogP contribution in [0.25, 0.3) is 27.1 Å². The summed E-state index contributed by atoms with van der Waals surface area (Å²) in [6.07, 6.45) is 12.5. The lowest BCUT2D eigenvalue weighted by molar-refractivity contribution is 0.112. The van der Waals surface area contributed by atoms with E-state index in [0.29, 0.717) is 11.3 Å². The molecule has 0 aliphatic heterocycles. The Hall–Kier alpha value is -2.14. The van der Waals surface area contributed by atoms with Crippen LogP contribution in [0.5, 0.6) is 0 Å². The first-order valence-corrected chi connectivity index (χ1v) is 12.6. The molecule has 2 saturated carbocycles. The number of thiophene rings is 1. The summed E-state index contributed by atoms with van der Waals surface area (Å²) >= 11 is 2.02. The minimum atomic E-state index is 0.457. The molecular formula is C26H32N4S. The highest BCUT2D eigenvalue weighted by Gasteiger charge is 2.47. The highest BCUT2D eigenvalue weighted by Crippen LogP contribution is 2.61. The average molecular weight is 433 g/mol. The highest BCUT2D eigenvalue weighted by atomic mass is 32.1. The van der Waals surface area contributed by atoms with E-state index >= 15 is 0 Å². The Balaban J connectivity index is 1.48. The van der Waals surface area contributed by atoms with Crippen LogP contribution >= 0.6 is 11.3 Å². The minimum Gasteiger partial charge on any atom is -0.346 e. The van der Waals surface area contributed by atoms with Crippen LogP contribution in [-0.2, 0) is 0 Å². The fraction of sp³-hybridized carbons (Fsp3) is 0.538. The molecule has 0 saturated heterocycles. The van der Waals surface area contributed by atoms with Crippen LogP contribution in [0, 0.1) is 26.2 Å². The maximum Gasteiger partial charge on any atom is 0.158 e. The number of nitrogens with zero attached hydrogens (tertiary/aromatic N) is 3. The van der Waals surface area contributed by atoms with Crippen LogP contribution in [0.3, 0.4) is 0 Å². The summed E-state index contributed by atoms with van der Waals surface area (Å²) in [5.41, 5.74) is 9.65. The Morgan fingerprint density at radius 3 is 2.55 bits per heavy atom. The second kappa shape index (κ2) is 6.68. The number of H-pyrrole nitrogens is 1. The number of hydrogen-bond donors (Lipinski definition) is 1. The molecule has 5 heteroatoms. The molecular weight excluding hydrogens is 400 g/mol. The molecule has 1 N–H and O–H groups in total. The van der Waals surface area contributed by atoms with Crippen LogP contribution in [0.2, 0.25) is 0 Å². The zero-order valence-corrected chi connectivity index (χ0v) is 20.1. The predicted octanol–water partition coefficient (Wildman–Crippen LogP) is 7.43. The number of aromatic nitrogens is 4. The number of aromatic amines is 1. The van der Waals surface area contributed by atoms with Crippen LogP contribution in [0.15, 0.2) is 12.5 Å². The van der Waals surface area contributed by atoms with E-state index in [0.717, 1.165) is 11.6 Å². The number of nitrogens with one attached hydrogen (secondary N) is 1. The maximum absolute atomic E-state index is 4.44. The Kier molecular flexibility index (Phi) is 4.21. The van der Waals surface area contributed by atoms with Crippen LogP contribution in [-0.4, -0.2) is 19.6 Å². The van der Waals surface area contributed by atoms with Gasteiger partial charge in [0, 0.05) is 22.0 Å². The third kappa shape index (κ3) is 2.71. The zero-order valence-electron chi connectivity index (χ0n) is 19.3. The van der Waals surface area contributed by atoms with E-state index in [1.165, 1.54) is 82.3 Å². The molecule has 2 aliphatic rings. The molecule has 2 fully saturated rings.